The highest BCUT2D eigenvalue weighted by atomic mass is 19.1. The summed E-state index contributed by atoms with van der Waals surface area (Å²) >= 11 is 0. The largest absolute Gasteiger partial charge is 0.386 e. The Balaban J connectivity index is 2.49. The van der Waals surface area contributed by atoms with Crippen molar-refractivity contribution in [3.05, 3.63) is 47.8 Å². The quantitative estimate of drug-likeness (QED) is 0.420. The second-order valence-corrected chi connectivity index (χ2v) is 4.10. The van der Waals surface area contributed by atoms with Crippen LogP contribution >= 0.6 is 0 Å². The molecule has 0 saturated heterocycles. The summed E-state index contributed by atoms with van der Waals surface area (Å²) in [5.74, 6) is -0.0868. The topological polar surface area (TPSA) is 70.6 Å². The summed E-state index contributed by atoms with van der Waals surface area (Å²) in [7, 11) is 0. The number of nitrogens with two attached hydrogens (primary N) is 1. The lowest BCUT2D eigenvalue weighted by atomic mass is 10.1. The van der Waals surface area contributed by atoms with E-state index in [1.165, 1.54) is 24.3 Å². The highest BCUT2D eigenvalue weighted by Crippen LogP contribution is 2.13. The van der Waals surface area contributed by atoms with Gasteiger partial charge in [0.1, 0.15) is 5.82 Å². The fourth-order valence-electron chi connectivity index (χ4n) is 1.27. The Hall–Kier alpha value is -1.88. The molecule has 1 aromatic rings. The third kappa shape index (κ3) is 4.97. The molecule has 4 nitrogen and oxygen atoms in total. The Kier molecular flexibility index (Phi) is 5.32. The lowest BCUT2D eigenvalue weighted by Gasteiger charge is -2.09. The molecule has 0 fully saturated rings. The molecular weight excluding hydrogens is 233 g/mol. The molecule has 4 N–H and O–H groups in total. The van der Waals surface area contributed by atoms with Gasteiger partial charge < -0.3 is 16.2 Å². The van der Waals surface area contributed by atoms with Crippen LogP contribution in [0.1, 0.15) is 18.6 Å². The summed E-state index contributed by atoms with van der Waals surface area (Å²) < 4.78 is 12.7. The second-order valence-electron chi connectivity index (χ2n) is 4.10. The van der Waals surface area contributed by atoms with Crippen molar-refractivity contribution in [3.8, 4) is 0 Å². The minimum Gasteiger partial charge on any atom is -0.386 e. The van der Waals surface area contributed by atoms with Gasteiger partial charge in [-0.1, -0.05) is 24.3 Å². The van der Waals surface area contributed by atoms with Crippen LogP contribution in [-0.4, -0.2) is 24.2 Å². The first-order valence-corrected chi connectivity index (χ1v) is 5.60. The first-order valence-electron chi connectivity index (χ1n) is 5.60. The average Bonchev–Trinajstić information content (AvgIpc) is 2.34. The molecule has 98 valence electrons. The van der Waals surface area contributed by atoms with Crippen LogP contribution in [0.5, 0.6) is 0 Å². The van der Waals surface area contributed by atoms with Crippen LogP contribution < -0.4 is 11.1 Å². The number of aliphatic hydroxyl groups excluding tert-OH is 1. The van der Waals surface area contributed by atoms with E-state index < -0.39 is 6.10 Å². The highest BCUT2D eigenvalue weighted by Gasteiger charge is 2.06. The van der Waals surface area contributed by atoms with E-state index in [2.05, 4.69) is 16.9 Å². The van der Waals surface area contributed by atoms with Gasteiger partial charge in [-0.25, -0.2) is 4.39 Å². The predicted molar refractivity (Wildman–Crippen MR) is 70.7 cm³/mol. The van der Waals surface area contributed by atoms with E-state index in [0.29, 0.717) is 12.1 Å². The Bertz CT molecular complexity index is 428. The van der Waals surface area contributed by atoms with E-state index >= 15 is 0 Å². The summed E-state index contributed by atoms with van der Waals surface area (Å²) in [6.07, 6.45) is -0.796. The number of hydrogen-bond acceptors (Lipinski definition) is 2. The van der Waals surface area contributed by atoms with Crippen molar-refractivity contribution in [3.63, 3.8) is 0 Å². The summed E-state index contributed by atoms with van der Waals surface area (Å²) in [6.45, 7) is 6.26. The van der Waals surface area contributed by atoms with Gasteiger partial charge in [0.2, 0.25) is 0 Å². The minimum atomic E-state index is -0.796. The number of benzene rings is 1. The SMILES string of the molecule is C=C(C)CNC(N)=NCC(O)c1ccc(F)cc1. The highest BCUT2D eigenvalue weighted by molar-refractivity contribution is 5.78. The maximum atomic E-state index is 12.7. The molecule has 0 saturated carbocycles. The van der Waals surface area contributed by atoms with Crippen LogP contribution in [0.2, 0.25) is 0 Å². The normalized spacial score (nSPS) is 13.2. The van der Waals surface area contributed by atoms with Crippen LogP contribution in [0, 0.1) is 5.82 Å². The van der Waals surface area contributed by atoms with Gasteiger partial charge >= 0.3 is 0 Å². The first-order chi connectivity index (χ1) is 8.49. The molecule has 5 heteroatoms. The van der Waals surface area contributed by atoms with Gasteiger partial charge in [0, 0.05) is 6.54 Å². The van der Waals surface area contributed by atoms with E-state index in [1.54, 1.807) is 0 Å². The Morgan fingerprint density at radius 2 is 2.11 bits per heavy atom. The summed E-state index contributed by atoms with van der Waals surface area (Å²) in [6, 6.07) is 5.63. The maximum Gasteiger partial charge on any atom is 0.188 e. The van der Waals surface area contributed by atoms with Gasteiger partial charge in [0.05, 0.1) is 12.6 Å². The monoisotopic (exact) mass is 251 g/mol. The number of halogens is 1. The number of nitrogens with zero attached hydrogens (tertiary/aromatic N) is 1. The third-order valence-electron chi connectivity index (χ3n) is 2.26. The van der Waals surface area contributed by atoms with Crippen molar-refractivity contribution < 1.29 is 9.50 Å². The van der Waals surface area contributed by atoms with Crippen LogP contribution in [-0.2, 0) is 0 Å². The summed E-state index contributed by atoms with van der Waals surface area (Å²) in [5, 5.41) is 12.7. The summed E-state index contributed by atoms with van der Waals surface area (Å²) in [4.78, 5) is 3.99. The Morgan fingerprint density at radius 3 is 2.67 bits per heavy atom. The lowest BCUT2D eigenvalue weighted by molar-refractivity contribution is 0.187. The molecule has 18 heavy (non-hydrogen) atoms. The fourth-order valence-corrected chi connectivity index (χ4v) is 1.27. The fraction of sp³-hybridized carbons (Fsp3) is 0.308. The van der Waals surface area contributed by atoms with Gasteiger partial charge in [-0.05, 0) is 24.6 Å². The molecule has 1 atom stereocenters. The third-order valence-corrected chi connectivity index (χ3v) is 2.26. The number of nitrogens with one attached hydrogen (secondary N) is 1. The lowest BCUT2D eigenvalue weighted by Crippen LogP contribution is -2.33. The average molecular weight is 251 g/mol. The van der Waals surface area contributed by atoms with E-state index in [4.69, 9.17) is 5.73 Å². The molecule has 0 aliphatic rings. The van der Waals surface area contributed by atoms with Crippen LogP contribution in [0.25, 0.3) is 0 Å². The molecule has 0 spiro atoms. The van der Waals surface area contributed by atoms with E-state index in [-0.39, 0.29) is 18.3 Å². The van der Waals surface area contributed by atoms with Crippen molar-refractivity contribution >= 4 is 5.96 Å². The van der Waals surface area contributed by atoms with Crippen molar-refractivity contribution in [1.29, 1.82) is 0 Å². The molecule has 1 rings (SSSR count). The Labute approximate surface area is 106 Å². The van der Waals surface area contributed by atoms with Gasteiger partial charge in [-0.15, -0.1) is 0 Å². The van der Waals surface area contributed by atoms with Gasteiger partial charge in [-0.2, -0.15) is 0 Å². The van der Waals surface area contributed by atoms with E-state index in [1.807, 2.05) is 6.92 Å². The smallest absolute Gasteiger partial charge is 0.188 e. The van der Waals surface area contributed by atoms with Gasteiger partial charge in [-0.3, -0.25) is 4.99 Å². The molecule has 0 aromatic heterocycles. The molecule has 0 bridgehead atoms. The zero-order chi connectivity index (χ0) is 13.5. The van der Waals surface area contributed by atoms with Crippen LogP contribution in [0.3, 0.4) is 0 Å². The Morgan fingerprint density at radius 1 is 1.50 bits per heavy atom. The predicted octanol–water partition coefficient (Wildman–Crippen LogP) is 1.34. The van der Waals surface area contributed by atoms with Crippen LogP contribution in [0.4, 0.5) is 4.39 Å². The standard InChI is InChI=1S/C13H18FN3O/c1-9(2)7-16-13(15)17-8-12(18)10-3-5-11(14)6-4-10/h3-6,12,18H,1,7-8H2,2H3,(H3,15,16,17). The van der Waals surface area contributed by atoms with Crippen molar-refractivity contribution in [2.45, 2.75) is 13.0 Å². The number of guanidine groups is 1. The molecule has 0 radical (unpaired) electrons. The van der Waals surface area contributed by atoms with Gasteiger partial charge in [0.25, 0.3) is 0 Å². The summed E-state index contributed by atoms with van der Waals surface area (Å²) in [5.41, 5.74) is 7.14. The molecular formula is C13H18FN3O. The minimum absolute atomic E-state index is 0.126. The van der Waals surface area contributed by atoms with E-state index in [9.17, 15) is 9.50 Å². The zero-order valence-electron chi connectivity index (χ0n) is 10.4. The van der Waals surface area contributed by atoms with Crippen molar-refractivity contribution in [2.75, 3.05) is 13.1 Å². The zero-order valence-corrected chi connectivity index (χ0v) is 10.4. The molecule has 0 heterocycles. The molecule has 1 unspecified atom stereocenters. The molecule has 0 aliphatic heterocycles. The number of rotatable bonds is 5. The first kappa shape index (κ1) is 14.2. The molecule has 1 aromatic carbocycles. The van der Waals surface area contributed by atoms with E-state index in [0.717, 1.165) is 5.57 Å². The van der Waals surface area contributed by atoms with Crippen LogP contribution in [0.15, 0.2) is 41.4 Å². The number of hydrogen-bond donors (Lipinski definition) is 3. The molecule has 0 aliphatic carbocycles. The maximum absolute atomic E-state index is 12.7. The number of aliphatic hydroxyl groups is 1. The second kappa shape index (κ2) is 6.76. The number of aliphatic imine (C=N–C) groups is 1. The van der Waals surface area contributed by atoms with Crippen molar-refractivity contribution in [1.82, 2.24) is 5.32 Å². The van der Waals surface area contributed by atoms with Crippen molar-refractivity contribution in [2.24, 2.45) is 10.7 Å². The van der Waals surface area contributed by atoms with Gasteiger partial charge in [0.15, 0.2) is 5.96 Å². The molecule has 0 amide bonds.